The van der Waals surface area contributed by atoms with Gasteiger partial charge in [-0.05, 0) is 52.2 Å². The summed E-state index contributed by atoms with van der Waals surface area (Å²) in [6, 6.07) is 4.42. The maximum absolute atomic E-state index is 12.8. The van der Waals surface area contributed by atoms with Crippen molar-refractivity contribution in [3.05, 3.63) is 47.0 Å². The van der Waals surface area contributed by atoms with E-state index in [1.54, 1.807) is 6.20 Å². The molecule has 0 aromatic carbocycles. The standard InChI is InChI=1S/C19H26N4O/c1-13-9-10-15(11-20-13)19(3,4)22-18(24)17-12-21-23(14(17)2)16-7-5-6-8-16/h9-12,16H,5-8H2,1-4H3,(H,22,24). The molecule has 1 aliphatic rings. The number of aromatic nitrogens is 3. The Balaban J connectivity index is 1.78. The Morgan fingerprint density at radius 1 is 1.21 bits per heavy atom. The van der Waals surface area contributed by atoms with E-state index in [4.69, 9.17) is 0 Å². The zero-order valence-electron chi connectivity index (χ0n) is 15.0. The van der Waals surface area contributed by atoms with Crippen molar-refractivity contribution in [1.29, 1.82) is 0 Å². The Morgan fingerprint density at radius 3 is 2.54 bits per heavy atom. The number of carbonyl (C=O) groups is 1. The predicted molar refractivity (Wildman–Crippen MR) is 93.9 cm³/mol. The van der Waals surface area contributed by atoms with Crippen molar-refractivity contribution in [2.75, 3.05) is 0 Å². The van der Waals surface area contributed by atoms with Gasteiger partial charge in [-0.25, -0.2) is 0 Å². The molecule has 2 aromatic heterocycles. The number of carbonyl (C=O) groups excluding carboxylic acids is 1. The Morgan fingerprint density at radius 2 is 1.92 bits per heavy atom. The molecule has 0 radical (unpaired) electrons. The van der Waals surface area contributed by atoms with Crippen molar-refractivity contribution in [3.63, 3.8) is 0 Å². The van der Waals surface area contributed by atoms with Crippen LogP contribution in [0.25, 0.3) is 0 Å². The van der Waals surface area contributed by atoms with E-state index in [1.165, 1.54) is 12.8 Å². The lowest BCUT2D eigenvalue weighted by Crippen LogP contribution is -2.41. The van der Waals surface area contributed by atoms with Gasteiger partial charge < -0.3 is 5.32 Å². The van der Waals surface area contributed by atoms with Gasteiger partial charge in [-0.1, -0.05) is 18.9 Å². The highest BCUT2D eigenvalue weighted by molar-refractivity contribution is 5.95. The second-order valence-corrected chi connectivity index (χ2v) is 7.29. The number of hydrogen-bond acceptors (Lipinski definition) is 3. The largest absolute Gasteiger partial charge is 0.343 e. The lowest BCUT2D eigenvalue weighted by atomic mass is 9.95. The van der Waals surface area contributed by atoms with Crippen LogP contribution >= 0.6 is 0 Å². The predicted octanol–water partition coefficient (Wildman–Crippen LogP) is 3.68. The first kappa shape index (κ1) is 16.7. The monoisotopic (exact) mass is 326 g/mol. The van der Waals surface area contributed by atoms with Crippen molar-refractivity contribution in [2.24, 2.45) is 0 Å². The van der Waals surface area contributed by atoms with Crippen LogP contribution in [0.1, 0.15) is 72.9 Å². The van der Waals surface area contributed by atoms with Crippen LogP contribution in [0.15, 0.2) is 24.5 Å². The molecular formula is C19H26N4O. The molecule has 2 aromatic rings. The molecule has 1 fully saturated rings. The van der Waals surface area contributed by atoms with E-state index in [2.05, 4.69) is 15.4 Å². The van der Waals surface area contributed by atoms with E-state index >= 15 is 0 Å². The van der Waals surface area contributed by atoms with Crippen molar-refractivity contribution in [1.82, 2.24) is 20.1 Å². The topological polar surface area (TPSA) is 59.8 Å². The van der Waals surface area contributed by atoms with Crippen LogP contribution < -0.4 is 5.32 Å². The fourth-order valence-corrected chi connectivity index (χ4v) is 3.42. The summed E-state index contributed by atoms with van der Waals surface area (Å²) in [4.78, 5) is 17.1. The summed E-state index contributed by atoms with van der Waals surface area (Å²) < 4.78 is 2.03. The maximum atomic E-state index is 12.8. The third kappa shape index (κ3) is 3.21. The molecule has 0 unspecified atom stereocenters. The molecule has 2 heterocycles. The third-order valence-corrected chi connectivity index (χ3v) is 5.02. The summed E-state index contributed by atoms with van der Waals surface area (Å²) in [6.45, 7) is 7.93. The van der Waals surface area contributed by atoms with Gasteiger partial charge in [0.25, 0.3) is 5.91 Å². The molecule has 0 spiro atoms. The number of amides is 1. The molecule has 128 valence electrons. The molecular weight excluding hydrogens is 300 g/mol. The maximum Gasteiger partial charge on any atom is 0.255 e. The lowest BCUT2D eigenvalue weighted by molar-refractivity contribution is 0.0911. The van der Waals surface area contributed by atoms with Crippen molar-refractivity contribution in [3.8, 4) is 0 Å². The zero-order valence-corrected chi connectivity index (χ0v) is 15.0. The van der Waals surface area contributed by atoms with Gasteiger partial charge in [0, 0.05) is 17.6 Å². The number of hydrogen-bond donors (Lipinski definition) is 1. The molecule has 0 aliphatic heterocycles. The van der Waals surface area contributed by atoms with Gasteiger partial charge in [-0.15, -0.1) is 0 Å². The molecule has 1 N–H and O–H groups in total. The van der Waals surface area contributed by atoms with Crippen molar-refractivity contribution in [2.45, 2.75) is 65.0 Å². The minimum absolute atomic E-state index is 0.0812. The highest BCUT2D eigenvalue weighted by Gasteiger charge is 2.27. The Labute approximate surface area is 143 Å². The van der Waals surface area contributed by atoms with Crippen LogP contribution in [0.2, 0.25) is 0 Å². The molecule has 0 saturated heterocycles. The molecule has 0 bridgehead atoms. The van der Waals surface area contributed by atoms with Crippen LogP contribution in [0.3, 0.4) is 0 Å². The van der Waals surface area contributed by atoms with Gasteiger partial charge in [0.15, 0.2) is 0 Å². The summed E-state index contributed by atoms with van der Waals surface area (Å²) in [5.41, 5.74) is 3.09. The van der Waals surface area contributed by atoms with Crippen molar-refractivity contribution < 1.29 is 4.79 Å². The first-order valence-corrected chi connectivity index (χ1v) is 8.68. The summed E-state index contributed by atoms with van der Waals surface area (Å²) in [5.74, 6) is -0.0812. The Hall–Kier alpha value is -2.17. The fourth-order valence-electron chi connectivity index (χ4n) is 3.42. The zero-order chi connectivity index (χ0) is 17.3. The second kappa shape index (κ2) is 6.38. The van der Waals surface area contributed by atoms with E-state index in [0.29, 0.717) is 11.6 Å². The minimum Gasteiger partial charge on any atom is -0.343 e. The van der Waals surface area contributed by atoms with E-state index in [0.717, 1.165) is 29.8 Å². The van der Waals surface area contributed by atoms with Crippen LogP contribution in [0.4, 0.5) is 0 Å². The van der Waals surface area contributed by atoms with Crippen molar-refractivity contribution >= 4 is 5.91 Å². The van der Waals surface area contributed by atoms with E-state index in [1.807, 2.05) is 50.7 Å². The van der Waals surface area contributed by atoms with Gasteiger partial charge in [0.2, 0.25) is 0 Å². The normalized spacial score (nSPS) is 15.7. The van der Waals surface area contributed by atoms with Gasteiger partial charge in [-0.2, -0.15) is 5.10 Å². The first-order chi connectivity index (χ1) is 11.4. The molecule has 5 nitrogen and oxygen atoms in total. The third-order valence-electron chi connectivity index (χ3n) is 5.02. The van der Waals surface area contributed by atoms with Gasteiger partial charge >= 0.3 is 0 Å². The number of pyridine rings is 1. The molecule has 1 saturated carbocycles. The van der Waals surface area contributed by atoms with Gasteiger partial charge in [-0.3, -0.25) is 14.5 Å². The summed E-state index contributed by atoms with van der Waals surface area (Å²) in [6.07, 6.45) is 8.34. The molecule has 24 heavy (non-hydrogen) atoms. The van der Waals surface area contributed by atoms with Crippen LogP contribution in [0.5, 0.6) is 0 Å². The smallest absolute Gasteiger partial charge is 0.255 e. The van der Waals surface area contributed by atoms with Gasteiger partial charge in [0.05, 0.1) is 23.3 Å². The molecule has 5 heteroatoms. The molecule has 0 atom stereocenters. The molecule has 1 amide bonds. The highest BCUT2D eigenvalue weighted by Crippen LogP contribution is 2.30. The molecule has 3 rings (SSSR count). The summed E-state index contributed by atoms with van der Waals surface area (Å²) in [7, 11) is 0. The Bertz CT molecular complexity index is 724. The number of nitrogens with one attached hydrogen (secondary N) is 1. The van der Waals surface area contributed by atoms with Crippen LogP contribution in [-0.2, 0) is 5.54 Å². The quantitative estimate of drug-likeness (QED) is 0.932. The number of nitrogens with zero attached hydrogens (tertiary/aromatic N) is 3. The number of aryl methyl sites for hydroxylation is 1. The lowest BCUT2D eigenvalue weighted by Gasteiger charge is -2.26. The molecule has 1 aliphatic carbocycles. The number of rotatable bonds is 4. The summed E-state index contributed by atoms with van der Waals surface area (Å²) in [5, 5.41) is 7.60. The highest BCUT2D eigenvalue weighted by atomic mass is 16.1. The minimum atomic E-state index is -0.486. The van der Waals surface area contributed by atoms with Crippen LogP contribution in [-0.4, -0.2) is 20.7 Å². The first-order valence-electron chi connectivity index (χ1n) is 8.68. The van der Waals surface area contributed by atoms with E-state index in [9.17, 15) is 4.79 Å². The van der Waals surface area contributed by atoms with Crippen LogP contribution in [0, 0.1) is 13.8 Å². The van der Waals surface area contributed by atoms with Gasteiger partial charge in [0.1, 0.15) is 0 Å². The fraction of sp³-hybridized carbons (Fsp3) is 0.526. The van der Waals surface area contributed by atoms with E-state index in [-0.39, 0.29) is 5.91 Å². The average molecular weight is 326 g/mol. The van der Waals surface area contributed by atoms with E-state index < -0.39 is 5.54 Å². The second-order valence-electron chi connectivity index (χ2n) is 7.29. The Kier molecular flexibility index (Phi) is 4.43. The SMILES string of the molecule is Cc1ccc(C(C)(C)NC(=O)c2cnn(C3CCCC3)c2C)cn1. The summed E-state index contributed by atoms with van der Waals surface area (Å²) >= 11 is 0. The average Bonchev–Trinajstić information content (AvgIpc) is 3.16.